The van der Waals surface area contributed by atoms with Gasteiger partial charge in [0.05, 0.1) is 0 Å². The van der Waals surface area contributed by atoms with E-state index in [2.05, 4.69) is 38.1 Å². The third-order valence-electron chi connectivity index (χ3n) is 3.47. The summed E-state index contributed by atoms with van der Waals surface area (Å²) in [5.74, 6) is 1.77. The minimum absolute atomic E-state index is 0.270. The van der Waals surface area contributed by atoms with Gasteiger partial charge in [0.2, 0.25) is 0 Å². The minimum atomic E-state index is -0.270. The van der Waals surface area contributed by atoms with Crippen molar-refractivity contribution < 1.29 is 4.39 Å². The van der Waals surface area contributed by atoms with Crippen LogP contribution in [0.5, 0.6) is 0 Å². The third kappa shape index (κ3) is 3.40. The van der Waals surface area contributed by atoms with Crippen molar-refractivity contribution in [1.29, 1.82) is 0 Å². The van der Waals surface area contributed by atoms with Crippen LogP contribution in [-0.4, -0.2) is 16.5 Å². The summed E-state index contributed by atoms with van der Waals surface area (Å²) in [4.78, 5) is 9.23. The van der Waals surface area contributed by atoms with Gasteiger partial charge in [-0.25, -0.2) is 14.4 Å². The Bertz CT molecular complexity index is 656. The topological polar surface area (TPSA) is 37.8 Å². The number of hydrogen-bond acceptors (Lipinski definition) is 3. The Morgan fingerprint density at radius 2 is 2.10 bits per heavy atom. The lowest BCUT2D eigenvalue weighted by molar-refractivity contribution is 0.627. The summed E-state index contributed by atoms with van der Waals surface area (Å²) in [7, 11) is 0. The van der Waals surface area contributed by atoms with Gasteiger partial charge in [-0.2, -0.15) is 0 Å². The molecule has 0 amide bonds. The second kappa shape index (κ2) is 6.10. The fraction of sp³-hybridized carbons (Fsp3) is 0.375. The molecule has 5 heteroatoms. The fourth-order valence-corrected chi connectivity index (χ4v) is 2.72. The molecule has 3 nitrogen and oxygen atoms in total. The summed E-state index contributed by atoms with van der Waals surface area (Å²) in [6.07, 6.45) is 3.42. The van der Waals surface area contributed by atoms with E-state index in [4.69, 9.17) is 0 Å². The van der Waals surface area contributed by atoms with Crippen LogP contribution in [0.15, 0.2) is 28.7 Å². The van der Waals surface area contributed by atoms with Gasteiger partial charge in [0.1, 0.15) is 11.6 Å². The van der Waals surface area contributed by atoms with Crippen molar-refractivity contribution in [1.82, 2.24) is 9.97 Å². The van der Waals surface area contributed by atoms with Crippen molar-refractivity contribution in [3.63, 3.8) is 0 Å². The van der Waals surface area contributed by atoms with Gasteiger partial charge in [0.25, 0.3) is 0 Å². The largest absolute Gasteiger partial charge is 0.370 e. The molecule has 1 aliphatic rings. The maximum Gasteiger partial charge on any atom is 0.162 e. The van der Waals surface area contributed by atoms with Gasteiger partial charge >= 0.3 is 0 Å². The molecule has 0 saturated heterocycles. The molecule has 2 aromatic rings. The SMILES string of the molecule is CCCNc1cc(C2CC2)nc(-c2ccc(F)cc2Br)n1. The van der Waals surface area contributed by atoms with Gasteiger partial charge in [-0.1, -0.05) is 6.92 Å². The van der Waals surface area contributed by atoms with Crippen molar-refractivity contribution in [2.45, 2.75) is 32.1 Å². The van der Waals surface area contributed by atoms with Crippen molar-refractivity contribution in [2.24, 2.45) is 0 Å². The van der Waals surface area contributed by atoms with Crippen LogP contribution in [0.2, 0.25) is 0 Å². The molecular formula is C16H17BrFN3. The van der Waals surface area contributed by atoms with E-state index in [9.17, 15) is 4.39 Å². The number of halogens is 2. The zero-order valence-corrected chi connectivity index (χ0v) is 13.5. The number of rotatable bonds is 5. The van der Waals surface area contributed by atoms with E-state index >= 15 is 0 Å². The van der Waals surface area contributed by atoms with Crippen LogP contribution < -0.4 is 5.32 Å². The summed E-state index contributed by atoms with van der Waals surface area (Å²) < 4.78 is 13.9. The second-order valence-corrected chi connectivity index (χ2v) is 6.18. The first-order valence-corrected chi connectivity index (χ1v) is 8.05. The van der Waals surface area contributed by atoms with Crippen molar-refractivity contribution in [2.75, 3.05) is 11.9 Å². The van der Waals surface area contributed by atoms with E-state index < -0.39 is 0 Å². The molecule has 1 saturated carbocycles. The quantitative estimate of drug-likeness (QED) is 0.846. The van der Waals surface area contributed by atoms with Crippen LogP contribution in [-0.2, 0) is 0 Å². The summed E-state index contributed by atoms with van der Waals surface area (Å²) in [6, 6.07) is 6.64. The highest BCUT2D eigenvalue weighted by atomic mass is 79.9. The molecule has 0 aliphatic heterocycles. The molecule has 0 atom stereocenters. The lowest BCUT2D eigenvalue weighted by atomic mass is 10.2. The number of hydrogen-bond donors (Lipinski definition) is 1. The van der Waals surface area contributed by atoms with Gasteiger partial charge in [-0.05, 0) is 53.4 Å². The molecule has 1 aromatic carbocycles. The van der Waals surface area contributed by atoms with Crippen LogP contribution in [0.25, 0.3) is 11.4 Å². The molecule has 0 spiro atoms. The van der Waals surface area contributed by atoms with Crippen molar-refractivity contribution in [3.8, 4) is 11.4 Å². The Morgan fingerprint density at radius 3 is 2.76 bits per heavy atom. The van der Waals surface area contributed by atoms with Crippen LogP contribution in [0, 0.1) is 5.82 Å². The van der Waals surface area contributed by atoms with Crippen molar-refractivity contribution >= 4 is 21.7 Å². The molecule has 0 bridgehead atoms. The highest BCUT2D eigenvalue weighted by Gasteiger charge is 2.26. The average molecular weight is 350 g/mol. The average Bonchev–Trinajstić information content (AvgIpc) is 3.29. The first kappa shape index (κ1) is 14.4. The zero-order valence-electron chi connectivity index (χ0n) is 11.9. The Balaban J connectivity index is 2.01. The smallest absolute Gasteiger partial charge is 0.162 e. The lowest BCUT2D eigenvalue weighted by Gasteiger charge is -2.10. The van der Waals surface area contributed by atoms with E-state index in [1.165, 1.54) is 25.0 Å². The highest BCUT2D eigenvalue weighted by molar-refractivity contribution is 9.10. The second-order valence-electron chi connectivity index (χ2n) is 5.33. The zero-order chi connectivity index (χ0) is 14.8. The van der Waals surface area contributed by atoms with Crippen LogP contribution >= 0.6 is 15.9 Å². The Morgan fingerprint density at radius 1 is 1.29 bits per heavy atom. The summed E-state index contributed by atoms with van der Waals surface area (Å²) in [5, 5.41) is 3.32. The maximum absolute atomic E-state index is 13.2. The van der Waals surface area contributed by atoms with Gasteiger partial charge in [0.15, 0.2) is 5.82 Å². The summed E-state index contributed by atoms with van der Waals surface area (Å²) in [6.45, 7) is 3.00. The number of nitrogens with zero attached hydrogens (tertiary/aromatic N) is 2. The molecule has 21 heavy (non-hydrogen) atoms. The fourth-order valence-electron chi connectivity index (χ4n) is 2.19. The Labute approximate surface area is 132 Å². The van der Waals surface area contributed by atoms with E-state index in [0.717, 1.165) is 30.0 Å². The predicted molar refractivity (Wildman–Crippen MR) is 85.9 cm³/mol. The standard InChI is InChI=1S/C16H17BrFN3/c1-2-7-19-15-9-14(10-3-4-10)20-16(21-15)12-6-5-11(18)8-13(12)17/h5-6,8-10H,2-4,7H2,1H3,(H,19,20,21). The number of anilines is 1. The molecule has 1 aliphatic carbocycles. The van der Waals surface area contributed by atoms with Gasteiger partial charge in [0, 0.05) is 34.3 Å². The number of benzene rings is 1. The predicted octanol–water partition coefficient (Wildman–Crippen LogP) is 4.74. The first-order chi connectivity index (χ1) is 10.2. The Kier molecular flexibility index (Phi) is 4.19. The number of aromatic nitrogens is 2. The monoisotopic (exact) mass is 349 g/mol. The molecular weight excluding hydrogens is 333 g/mol. The van der Waals surface area contributed by atoms with Crippen molar-refractivity contribution in [3.05, 3.63) is 40.2 Å². The third-order valence-corrected chi connectivity index (χ3v) is 4.13. The summed E-state index contributed by atoms with van der Waals surface area (Å²) >= 11 is 3.40. The molecule has 1 N–H and O–H groups in total. The van der Waals surface area contributed by atoms with Gasteiger partial charge in [-0.3, -0.25) is 0 Å². The molecule has 1 heterocycles. The van der Waals surface area contributed by atoms with E-state index in [1.807, 2.05) is 6.07 Å². The van der Waals surface area contributed by atoms with E-state index in [0.29, 0.717) is 16.2 Å². The molecule has 0 radical (unpaired) electrons. The van der Waals surface area contributed by atoms with E-state index in [1.54, 1.807) is 6.07 Å². The first-order valence-electron chi connectivity index (χ1n) is 7.25. The Hall–Kier alpha value is -1.49. The lowest BCUT2D eigenvalue weighted by Crippen LogP contribution is -2.05. The normalized spacial score (nSPS) is 14.2. The van der Waals surface area contributed by atoms with Crippen LogP contribution in [0.4, 0.5) is 10.2 Å². The molecule has 1 aromatic heterocycles. The van der Waals surface area contributed by atoms with Crippen LogP contribution in [0.3, 0.4) is 0 Å². The molecule has 1 fully saturated rings. The molecule has 110 valence electrons. The molecule has 3 rings (SSSR count). The summed E-state index contributed by atoms with van der Waals surface area (Å²) in [5.41, 5.74) is 1.90. The minimum Gasteiger partial charge on any atom is -0.370 e. The van der Waals surface area contributed by atoms with Gasteiger partial charge < -0.3 is 5.32 Å². The maximum atomic E-state index is 13.2. The van der Waals surface area contributed by atoms with Crippen LogP contribution in [0.1, 0.15) is 37.8 Å². The van der Waals surface area contributed by atoms with E-state index in [-0.39, 0.29) is 5.82 Å². The highest BCUT2D eigenvalue weighted by Crippen LogP contribution is 2.40. The van der Waals surface area contributed by atoms with Gasteiger partial charge in [-0.15, -0.1) is 0 Å². The number of nitrogens with one attached hydrogen (secondary N) is 1. The molecule has 0 unspecified atom stereocenters.